The fourth-order valence-electron chi connectivity index (χ4n) is 4.14. The molecule has 0 spiro atoms. The van der Waals surface area contributed by atoms with Crippen molar-refractivity contribution in [1.82, 2.24) is 9.91 Å². The number of hydrogen-bond donors (Lipinski definition) is 0. The molecule has 164 valence electrons. The van der Waals surface area contributed by atoms with E-state index >= 15 is 0 Å². The van der Waals surface area contributed by atoms with Crippen molar-refractivity contribution in [3.05, 3.63) is 65.7 Å². The van der Waals surface area contributed by atoms with Crippen LogP contribution in [0.5, 0.6) is 0 Å². The van der Waals surface area contributed by atoms with E-state index in [4.69, 9.17) is 5.26 Å². The van der Waals surface area contributed by atoms with Crippen molar-refractivity contribution in [3.63, 3.8) is 0 Å². The number of anilines is 1. The summed E-state index contributed by atoms with van der Waals surface area (Å²) in [5.74, 6) is -0.0789. The lowest BCUT2D eigenvalue weighted by atomic mass is 10.1. The summed E-state index contributed by atoms with van der Waals surface area (Å²) in [6.07, 6.45) is 2.00. The van der Waals surface area contributed by atoms with Gasteiger partial charge >= 0.3 is 0 Å². The van der Waals surface area contributed by atoms with Gasteiger partial charge in [0.2, 0.25) is 11.8 Å². The van der Waals surface area contributed by atoms with Gasteiger partial charge in [0.15, 0.2) is 0 Å². The Bertz CT molecular complexity index is 1030. The molecule has 0 atom stereocenters. The van der Waals surface area contributed by atoms with Crippen molar-refractivity contribution >= 4 is 23.2 Å². The maximum atomic E-state index is 12.7. The number of carbonyl (C=O) groups excluding carboxylic acids is 2. The van der Waals surface area contributed by atoms with Crippen LogP contribution in [0.15, 0.2) is 59.7 Å². The smallest absolute Gasteiger partial charge is 0.243 e. The van der Waals surface area contributed by atoms with E-state index in [0.29, 0.717) is 25.2 Å². The van der Waals surface area contributed by atoms with Crippen LogP contribution >= 0.6 is 0 Å². The largest absolute Gasteiger partial charge is 0.370 e. The first kappa shape index (κ1) is 21.6. The standard InChI is InChI=1S/C25H27N5O2/c26-19-20-7-9-22(10-8-20)28-14-4-15-29(18-17-28)24(31)11-12-25(32)30-16-13-23(27-30)21-5-2-1-3-6-21/h1-3,5-10H,4,11-18H2. The Balaban J connectivity index is 1.26. The highest BCUT2D eigenvalue weighted by atomic mass is 16.2. The van der Waals surface area contributed by atoms with Crippen molar-refractivity contribution in [1.29, 1.82) is 5.26 Å². The molecule has 2 aliphatic rings. The summed E-state index contributed by atoms with van der Waals surface area (Å²) in [6, 6.07) is 19.6. The monoisotopic (exact) mass is 429 g/mol. The second-order valence-electron chi connectivity index (χ2n) is 8.06. The molecule has 2 aromatic rings. The van der Waals surface area contributed by atoms with E-state index in [9.17, 15) is 9.59 Å². The molecule has 0 aromatic heterocycles. The Hall–Kier alpha value is -3.66. The zero-order valence-electron chi connectivity index (χ0n) is 18.1. The highest BCUT2D eigenvalue weighted by molar-refractivity contribution is 6.02. The van der Waals surface area contributed by atoms with Gasteiger partial charge in [-0.1, -0.05) is 30.3 Å². The Morgan fingerprint density at radius 2 is 1.62 bits per heavy atom. The summed E-state index contributed by atoms with van der Waals surface area (Å²) in [5.41, 5.74) is 3.66. The van der Waals surface area contributed by atoms with Gasteiger partial charge in [-0.15, -0.1) is 0 Å². The fourth-order valence-corrected chi connectivity index (χ4v) is 4.14. The average Bonchev–Trinajstić information content (AvgIpc) is 3.21. The lowest BCUT2D eigenvalue weighted by Gasteiger charge is -2.24. The van der Waals surface area contributed by atoms with Crippen LogP contribution in [0.3, 0.4) is 0 Å². The van der Waals surface area contributed by atoms with E-state index in [-0.39, 0.29) is 24.7 Å². The normalized spacial score (nSPS) is 16.3. The molecule has 0 aliphatic carbocycles. The lowest BCUT2D eigenvalue weighted by molar-refractivity contribution is -0.136. The highest BCUT2D eigenvalue weighted by Gasteiger charge is 2.24. The minimum absolute atomic E-state index is 0.0199. The van der Waals surface area contributed by atoms with Crippen molar-refractivity contribution in [3.8, 4) is 6.07 Å². The van der Waals surface area contributed by atoms with E-state index in [1.54, 1.807) is 0 Å². The molecule has 1 saturated heterocycles. The number of nitrogens with zero attached hydrogens (tertiary/aromatic N) is 5. The maximum absolute atomic E-state index is 12.7. The van der Waals surface area contributed by atoms with Crippen molar-refractivity contribution in [2.24, 2.45) is 5.10 Å². The van der Waals surface area contributed by atoms with Crippen molar-refractivity contribution in [2.75, 3.05) is 37.6 Å². The van der Waals surface area contributed by atoms with E-state index in [2.05, 4.69) is 16.1 Å². The maximum Gasteiger partial charge on any atom is 0.243 e. The number of carbonyl (C=O) groups is 2. The van der Waals surface area contributed by atoms with E-state index in [1.807, 2.05) is 59.5 Å². The summed E-state index contributed by atoms with van der Waals surface area (Å²) in [6.45, 7) is 3.50. The molecular weight excluding hydrogens is 402 g/mol. The van der Waals surface area contributed by atoms with Gasteiger partial charge in [0, 0.05) is 51.1 Å². The van der Waals surface area contributed by atoms with Gasteiger partial charge in [-0.25, -0.2) is 5.01 Å². The fraction of sp³-hybridized carbons (Fsp3) is 0.360. The third-order valence-corrected chi connectivity index (χ3v) is 5.96. The molecular formula is C25H27N5O2. The first-order valence-electron chi connectivity index (χ1n) is 11.1. The van der Waals surface area contributed by atoms with Gasteiger partial charge < -0.3 is 9.80 Å². The average molecular weight is 430 g/mol. The molecule has 2 aliphatic heterocycles. The van der Waals surface area contributed by atoms with Gasteiger partial charge in [-0.05, 0) is 36.2 Å². The number of hydrazone groups is 1. The third kappa shape index (κ3) is 5.14. The molecule has 2 amide bonds. The van der Waals surface area contributed by atoms with Crippen LogP contribution in [0.25, 0.3) is 0 Å². The second-order valence-corrected chi connectivity index (χ2v) is 8.06. The Morgan fingerprint density at radius 3 is 2.38 bits per heavy atom. The Kier molecular flexibility index (Phi) is 6.81. The van der Waals surface area contributed by atoms with Gasteiger partial charge in [-0.2, -0.15) is 10.4 Å². The molecule has 0 bridgehead atoms. The number of nitriles is 1. The van der Waals surface area contributed by atoms with Crippen molar-refractivity contribution < 1.29 is 9.59 Å². The van der Waals surface area contributed by atoms with E-state index in [0.717, 1.165) is 42.9 Å². The number of rotatable bonds is 5. The summed E-state index contributed by atoms with van der Waals surface area (Å²) in [5, 5.41) is 14.9. The van der Waals surface area contributed by atoms with Crippen LogP contribution in [-0.4, -0.2) is 60.2 Å². The minimum atomic E-state index is -0.0988. The predicted octanol–water partition coefficient (Wildman–Crippen LogP) is 3.01. The topological polar surface area (TPSA) is 80.0 Å². The molecule has 0 radical (unpaired) electrons. The minimum Gasteiger partial charge on any atom is -0.370 e. The first-order valence-corrected chi connectivity index (χ1v) is 11.1. The summed E-state index contributed by atoms with van der Waals surface area (Å²) < 4.78 is 0. The molecule has 7 heteroatoms. The molecule has 4 rings (SSSR count). The van der Waals surface area contributed by atoms with Crippen molar-refractivity contribution in [2.45, 2.75) is 25.7 Å². The Morgan fingerprint density at radius 1 is 0.875 bits per heavy atom. The zero-order valence-corrected chi connectivity index (χ0v) is 18.1. The number of amides is 2. The van der Waals surface area contributed by atoms with Crippen LogP contribution < -0.4 is 4.90 Å². The second kappa shape index (κ2) is 10.1. The van der Waals surface area contributed by atoms with Crippen LogP contribution in [0.1, 0.15) is 36.8 Å². The third-order valence-electron chi connectivity index (χ3n) is 5.96. The van der Waals surface area contributed by atoms with Crippen LogP contribution in [0.4, 0.5) is 5.69 Å². The SMILES string of the molecule is N#Cc1ccc(N2CCCN(C(=O)CCC(=O)N3CCC(c4ccccc4)=N3)CC2)cc1. The zero-order chi connectivity index (χ0) is 22.3. The van der Waals surface area contributed by atoms with E-state index in [1.165, 1.54) is 5.01 Å². The molecule has 0 N–H and O–H groups in total. The first-order chi connectivity index (χ1) is 15.6. The molecule has 7 nitrogen and oxygen atoms in total. The molecule has 0 unspecified atom stereocenters. The molecule has 32 heavy (non-hydrogen) atoms. The van der Waals surface area contributed by atoms with Crippen LogP contribution in [-0.2, 0) is 9.59 Å². The van der Waals surface area contributed by atoms with Gasteiger partial charge in [0.25, 0.3) is 0 Å². The highest BCUT2D eigenvalue weighted by Crippen LogP contribution is 2.19. The van der Waals surface area contributed by atoms with Gasteiger partial charge in [0.1, 0.15) is 0 Å². The lowest BCUT2D eigenvalue weighted by Crippen LogP contribution is -2.36. The summed E-state index contributed by atoms with van der Waals surface area (Å²) >= 11 is 0. The molecule has 1 fully saturated rings. The van der Waals surface area contributed by atoms with Crippen LogP contribution in [0.2, 0.25) is 0 Å². The molecule has 0 saturated carbocycles. The summed E-state index contributed by atoms with van der Waals surface area (Å²) in [7, 11) is 0. The Labute approximate surface area is 188 Å². The van der Waals surface area contributed by atoms with Crippen LogP contribution in [0, 0.1) is 11.3 Å². The predicted molar refractivity (Wildman–Crippen MR) is 123 cm³/mol. The quantitative estimate of drug-likeness (QED) is 0.732. The number of hydrogen-bond acceptors (Lipinski definition) is 5. The summed E-state index contributed by atoms with van der Waals surface area (Å²) in [4.78, 5) is 29.4. The van der Waals surface area contributed by atoms with E-state index < -0.39 is 0 Å². The number of benzene rings is 2. The van der Waals surface area contributed by atoms with Gasteiger partial charge in [0.05, 0.1) is 23.9 Å². The molecule has 2 heterocycles. The van der Waals surface area contributed by atoms with Gasteiger partial charge in [-0.3, -0.25) is 9.59 Å². The molecule has 2 aromatic carbocycles.